The molecule has 29 heavy (non-hydrogen) atoms. The summed E-state index contributed by atoms with van der Waals surface area (Å²) in [6, 6.07) is 23.2. The minimum absolute atomic E-state index is 0.0115. The molecular formula is C25H31NO2Si. The van der Waals surface area contributed by atoms with Crippen molar-refractivity contribution < 1.29 is 9.22 Å². The number of ketones is 1. The third kappa shape index (κ3) is 4.08. The summed E-state index contributed by atoms with van der Waals surface area (Å²) in [7, 11) is -2.61. The number of carbonyl (C=O) groups excluding carboxylic acids is 1. The average molecular weight is 406 g/mol. The Morgan fingerprint density at radius 2 is 1.62 bits per heavy atom. The molecule has 2 aromatic carbocycles. The standard InChI is InChI=1S/C25H31NO2Si/c1-24(2,3)29(21-11-7-5-8-12-21,22-13-9-6-10-14-22)28-20-15-17-25(4,19-20)23(27)16-18-26/h5-14,20H,15-17,19H2,1-4H3. The monoisotopic (exact) mass is 405 g/mol. The molecule has 4 heteroatoms. The van der Waals surface area contributed by atoms with Crippen LogP contribution in [0.2, 0.25) is 5.04 Å². The highest BCUT2D eigenvalue weighted by Gasteiger charge is 2.53. The third-order valence-corrected chi connectivity index (χ3v) is 11.5. The second kappa shape index (κ2) is 8.26. The van der Waals surface area contributed by atoms with Crippen LogP contribution in [0.1, 0.15) is 53.4 Å². The topological polar surface area (TPSA) is 50.1 Å². The van der Waals surface area contributed by atoms with Crippen LogP contribution in [0, 0.1) is 16.7 Å². The molecule has 152 valence electrons. The maximum Gasteiger partial charge on any atom is 0.261 e. The lowest BCUT2D eigenvalue weighted by molar-refractivity contribution is -0.126. The Kier molecular flexibility index (Phi) is 6.12. The Balaban J connectivity index is 2.04. The van der Waals surface area contributed by atoms with E-state index < -0.39 is 13.7 Å². The van der Waals surface area contributed by atoms with E-state index in [4.69, 9.17) is 9.69 Å². The largest absolute Gasteiger partial charge is 0.404 e. The van der Waals surface area contributed by atoms with Gasteiger partial charge < -0.3 is 4.43 Å². The van der Waals surface area contributed by atoms with E-state index >= 15 is 0 Å². The van der Waals surface area contributed by atoms with Crippen LogP contribution in [0.25, 0.3) is 0 Å². The van der Waals surface area contributed by atoms with Crippen molar-refractivity contribution in [3.8, 4) is 6.07 Å². The van der Waals surface area contributed by atoms with Crippen molar-refractivity contribution in [2.24, 2.45) is 5.41 Å². The van der Waals surface area contributed by atoms with Gasteiger partial charge in [0.05, 0.1) is 12.5 Å². The lowest BCUT2D eigenvalue weighted by Crippen LogP contribution is -2.67. The summed E-state index contributed by atoms with van der Waals surface area (Å²) in [6.07, 6.45) is 2.35. The molecular weight excluding hydrogens is 374 g/mol. The van der Waals surface area contributed by atoms with Gasteiger partial charge in [-0.3, -0.25) is 4.79 Å². The van der Waals surface area contributed by atoms with Gasteiger partial charge in [0.2, 0.25) is 0 Å². The SMILES string of the molecule is CC1(C(=O)CC#N)CCC(O[Si](c2ccccc2)(c2ccccc2)C(C)(C)C)C1. The fourth-order valence-corrected chi connectivity index (χ4v) is 9.48. The summed E-state index contributed by atoms with van der Waals surface area (Å²) < 4.78 is 7.16. The third-order valence-electron chi connectivity index (χ3n) is 6.37. The maximum atomic E-state index is 12.5. The Morgan fingerprint density at radius 3 is 2.07 bits per heavy atom. The second-order valence-corrected chi connectivity index (χ2v) is 13.7. The molecule has 1 aliphatic rings. The van der Waals surface area contributed by atoms with Gasteiger partial charge in [-0.1, -0.05) is 88.4 Å². The van der Waals surface area contributed by atoms with Crippen LogP contribution in [-0.4, -0.2) is 20.2 Å². The molecule has 0 spiro atoms. The zero-order valence-electron chi connectivity index (χ0n) is 17.9. The number of rotatable bonds is 6. The van der Waals surface area contributed by atoms with Crippen molar-refractivity contribution in [3.05, 3.63) is 60.7 Å². The number of Topliss-reactive ketones (excluding diaryl/α,β-unsaturated/α-hetero) is 1. The summed E-state index contributed by atoms with van der Waals surface area (Å²) in [4.78, 5) is 12.5. The lowest BCUT2D eigenvalue weighted by atomic mass is 9.83. The Bertz CT molecular complexity index is 843. The van der Waals surface area contributed by atoms with E-state index in [1.54, 1.807) is 0 Å². The molecule has 3 rings (SSSR count). The molecule has 2 atom stereocenters. The van der Waals surface area contributed by atoms with Crippen LogP contribution in [0.15, 0.2) is 60.7 Å². The van der Waals surface area contributed by atoms with E-state index in [0.717, 1.165) is 12.8 Å². The van der Waals surface area contributed by atoms with Gasteiger partial charge in [0.1, 0.15) is 0 Å². The first-order valence-corrected chi connectivity index (χ1v) is 12.3. The van der Waals surface area contributed by atoms with E-state index in [1.165, 1.54) is 10.4 Å². The smallest absolute Gasteiger partial charge is 0.261 e. The van der Waals surface area contributed by atoms with Crippen molar-refractivity contribution in [1.29, 1.82) is 5.26 Å². The van der Waals surface area contributed by atoms with Gasteiger partial charge in [-0.05, 0) is 34.7 Å². The molecule has 2 unspecified atom stereocenters. The molecule has 0 heterocycles. The molecule has 0 aliphatic heterocycles. The van der Waals surface area contributed by atoms with Crippen LogP contribution < -0.4 is 10.4 Å². The number of carbonyl (C=O) groups is 1. The molecule has 1 aliphatic carbocycles. The fraction of sp³-hybridized carbons (Fsp3) is 0.440. The predicted molar refractivity (Wildman–Crippen MR) is 120 cm³/mol. The normalized spacial score (nSPS) is 22.2. The van der Waals surface area contributed by atoms with Crippen molar-refractivity contribution in [1.82, 2.24) is 0 Å². The van der Waals surface area contributed by atoms with E-state index in [2.05, 4.69) is 69.3 Å². The van der Waals surface area contributed by atoms with Crippen molar-refractivity contribution in [3.63, 3.8) is 0 Å². The van der Waals surface area contributed by atoms with Crippen LogP contribution in [-0.2, 0) is 9.22 Å². The Hall–Kier alpha value is -2.22. The van der Waals surface area contributed by atoms with Crippen LogP contribution in [0.3, 0.4) is 0 Å². The van der Waals surface area contributed by atoms with E-state index in [1.807, 2.05) is 25.1 Å². The zero-order chi connectivity index (χ0) is 21.1. The first-order chi connectivity index (χ1) is 13.7. The number of nitrogens with zero attached hydrogens (tertiary/aromatic N) is 1. The van der Waals surface area contributed by atoms with E-state index in [-0.39, 0.29) is 23.3 Å². The fourth-order valence-electron chi connectivity index (χ4n) is 4.77. The summed E-state index contributed by atoms with van der Waals surface area (Å²) in [6.45, 7) is 8.82. The minimum atomic E-state index is -2.61. The first kappa shape index (κ1) is 21.5. The Labute approximate surface area is 175 Å². The number of hydrogen-bond acceptors (Lipinski definition) is 3. The highest BCUT2D eigenvalue weighted by atomic mass is 28.4. The summed E-state index contributed by atoms with van der Waals surface area (Å²) >= 11 is 0. The van der Waals surface area contributed by atoms with Gasteiger partial charge in [-0.2, -0.15) is 5.26 Å². The molecule has 1 saturated carbocycles. The van der Waals surface area contributed by atoms with Gasteiger partial charge in [0.25, 0.3) is 8.32 Å². The molecule has 3 nitrogen and oxygen atoms in total. The van der Waals surface area contributed by atoms with Crippen molar-refractivity contribution in [2.75, 3.05) is 0 Å². The van der Waals surface area contributed by atoms with Gasteiger partial charge >= 0.3 is 0 Å². The lowest BCUT2D eigenvalue weighted by Gasteiger charge is -2.45. The molecule has 0 amide bonds. The molecule has 0 saturated heterocycles. The molecule has 0 radical (unpaired) electrons. The van der Waals surface area contributed by atoms with Gasteiger partial charge in [-0.25, -0.2) is 0 Å². The highest BCUT2D eigenvalue weighted by Crippen LogP contribution is 2.45. The molecule has 1 fully saturated rings. The van der Waals surface area contributed by atoms with Crippen LogP contribution in [0.5, 0.6) is 0 Å². The molecule has 0 N–H and O–H groups in total. The average Bonchev–Trinajstić information content (AvgIpc) is 3.09. The summed E-state index contributed by atoms with van der Waals surface area (Å²) in [5.74, 6) is 0.0496. The zero-order valence-corrected chi connectivity index (χ0v) is 18.9. The summed E-state index contributed by atoms with van der Waals surface area (Å²) in [5, 5.41) is 11.4. The number of hydrogen-bond donors (Lipinski definition) is 0. The first-order valence-electron chi connectivity index (χ1n) is 10.4. The van der Waals surface area contributed by atoms with Crippen LogP contribution in [0.4, 0.5) is 0 Å². The summed E-state index contributed by atoms with van der Waals surface area (Å²) in [5.41, 5.74) is -0.453. The van der Waals surface area contributed by atoms with Crippen molar-refractivity contribution in [2.45, 2.75) is 64.5 Å². The maximum absolute atomic E-state index is 12.5. The minimum Gasteiger partial charge on any atom is -0.404 e. The Morgan fingerprint density at radius 1 is 1.10 bits per heavy atom. The molecule has 2 aromatic rings. The quantitative estimate of drug-likeness (QED) is 0.660. The number of nitriles is 1. The highest BCUT2D eigenvalue weighted by molar-refractivity contribution is 6.99. The second-order valence-electron chi connectivity index (χ2n) is 9.46. The van der Waals surface area contributed by atoms with E-state index in [0.29, 0.717) is 6.42 Å². The molecule has 0 aromatic heterocycles. The molecule has 0 bridgehead atoms. The van der Waals surface area contributed by atoms with Crippen molar-refractivity contribution >= 4 is 24.5 Å². The van der Waals surface area contributed by atoms with Gasteiger partial charge in [-0.15, -0.1) is 0 Å². The van der Waals surface area contributed by atoms with Crippen LogP contribution >= 0.6 is 0 Å². The number of benzene rings is 2. The van der Waals surface area contributed by atoms with Gasteiger partial charge in [0.15, 0.2) is 5.78 Å². The predicted octanol–water partition coefficient (Wildman–Crippen LogP) is 4.60. The van der Waals surface area contributed by atoms with Gasteiger partial charge in [0, 0.05) is 11.5 Å². The van der Waals surface area contributed by atoms with E-state index in [9.17, 15) is 4.79 Å².